The van der Waals surface area contributed by atoms with Crippen molar-refractivity contribution in [3.05, 3.63) is 60.7 Å². The summed E-state index contributed by atoms with van der Waals surface area (Å²) in [6.45, 7) is 2.41. The van der Waals surface area contributed by atoms with E-state index in [1.165, 1.54) is 29.6 Å². The van der Waals surface area contributed by atoms with E-state index in [0.29, 0.717) is 6.04 Å². The van der Waals surface area contributed by atoms with Crippen molar-refractivity contribution >= 4 is 18.4 Å². The van der Waals surface area contributed by atoms with Gasteiger partial charge in [-0.15, -0.1) is 0 Å². The Morgan fingerprint density at radius 2 is 1.60 bits per heavy atom. The van der Waals surface area contributed by atoms with Crippen LogP contribution in [0.25, 0.3) is 0 Å². The first-order chi connectivity index (χ1) is 12.2. The lowest BCUT2D eigenvalue weighted by molar-refractivity contribution is 0.149. The van der Waals surface area contributed by atoms with E-state index >= 15 is 0 Å². The molecule has 3 heteroatoms. The Bertz CT molecular complexity index is 638. The minimum Gasteiger partial charge on any atom is -0.392 e. The summed E-state index contributed by atoms with van der Waals surface area (Å²) in [5.41, 5.74) is 0. The average Bonchev–Trinajstić information content (AvgIpc) is 3.25. The molecule has 0 radical (unpaired) electrons. The molecule has 1 saturated heterocycles. The summed E-state index contributed by atoms with van der Waals surface area (Å²) >= 11 is 0. The van der Waals surface area contributed by atoms with E-state index in [4.69, 9.17) is 0 Å². The standard InChI is InChI=1S/C22H29NOSi/c1-25(18-10-4-2-5-11-18,19-12-6-3-7-13-19)16-22(24)21-15-17-9-8-14-20(17)23-21/h2-7,10-13,17,20-24H,8-9,14-16H2,1H3/t17-,20-,21-,22+/m0/s1. The van der Waals surface area contributed by atoms with Crippen LogP contribution in [0, 0.1) is 5.92 Å². The highest BCUT2D eigenvalue weighted by atomic mass is 28.3. The third-order valence-corrected chi connectivity index (χ3v) is 11.0. The molecule has 0 bridgehead atoms. The fraction of sp³-hybridized carbons (Fsp3) is 0.455. The number of fused-ring (bicyclic) bond motifs is 1. The van der Waals surface area contributed by atoms with E-state index in [1.807, 2.05) is 0 Å². The molecule has 4 atom stereocenters. The minimum atomic E-state index is -1.96. The summed E-state index contributed by atoms with van der Waals surface area (Å²) in [7, 11) is -1.96. The van der Waals surface area contributed by atoms with Crippen molar-refractivity contribution in [3.63, 3.8) is 0 Å². The largest absolute Gasteiger partial charge is 0.392 e. The van der Waals surface area contributed by atoms with Crippen LogP contribution in [-0.2, 0) is 0 Å². The van der Waals surface area contributed by atoms with Crippen molar-refractivity contribution < 1.29 is 5.11 Å². The number of aliphatic hydroxyl groups is 1. The molecule has 1 heterocycles. The van der Waals surface area contributed by atoms with Crippen molar-refractivity contribution in [2.24, 2.45) is 5.92 Å². The van der Waals surface area contributed by atoms with Crippen LogP contribution >= 0.6 is 0 Å². The molecule has 25 heavy (non-hydrogen) atoms. The molecule has 0 amide bonds. The second-order valence-electron chi connectivity index (χ2n) is 8.14. The normalized spacial score (nSPS) is 27.2. The topological polar surface area (TPSA) is 32.3 Å². The van der Waals surface area contributed by atoms with E-state index in [9.17, 15) is 5.11 Å². The molecular weight excluding hydrogens is 322 g/mol. The number of hydrogen-bond donors (Lipinski definition) is 2. The zero-order valence-electron chi connectivity index (χ0n) is 15.1. The molecule has 2 aromatic carbocycles. The van der Waals surface area contributed by atoms with Gasteiger partial charge in [0, 0.05) is 12.1 Å². The van der Waals surface area contributed by atoms with Gasteiger partial charge in [-0.3, -0.25) is 0 Å². The lowest BCUT2D eigenvalue weighted by Gasteiger charge is -2.33. The summed E-state index contributed by atoms with van der Waals surface area (Å²) in [5, 5.41) is 17.7. The Morgan fingerprint density at radius 3 is 2.16 bits per heavy atom. The molecular formula is C22H29NOSi. The third kappa shape index (κ3) is 3.33. The first-order valence-electron chi connectivity index (χ1n) is 9.72. The van der Waals surface area contributed by atoms with Gasteiger partial charge in [0.1, 0.15) is 8.07 Å². The van der Waals surface area contributed by atoms with Crippen LogP contribution < -0.4 is 15.7 Å². The SMILES string of the molecule is C[Si](C[C@@H](O)[C@@H]1C[C@@H]2CCC[C@@H]2N1)(c1ccccc1)c1ccccc1. The van der Waals surface area contributed by atoms with Crippen LogP contribution in [0.3, 0.4) is 0 Å². The highest BCUT2D eigenvalue weighted by Gasteiger charge is 2.42. The molecule has 2 fully saturated rings. The number of benzene rings is 2. The van der Waals surface area contributed by atoms with Crippen molar-refractivity contribution in [3.8, 4) is 0 Å². The van der Waals surface area contributed by atoms with Crippen LogP contribution in [0.4, 0.5) is 0 Å². The lowest BCUT2D eigenvalue weighted by atomic mass is 10.00. The number of aliphatic hydroxyl groups excluding tert-OH is 1. The molecule has 1 aliphatic carbocycles. The minimum absolute atomic E-state index is 0.261. The van der Waals surface area contributed by atoms with Gasteiger partial charge in [-0.05, 0) is 31.2 Å². The number of nitrogens with one attached hydrogen (secondary N) is 1. The second kappa shape index (κ2) is 7.06. The van der Waals surface area contributed by atoms with Crippen LogP contribution in [-0.4, -0.2) is 31.4 Å². The van der Waals surface area contributed by atoms with Crippen LogP contribution in [0.5, 0.6) is 0 Å². The van der Waals surface area contributed by atoms with Gasteiger partial charge < -0.3 is 10.4 Å². The molecule has 2 N–H and O–H groups in total. The lowest BCUT2D eigenvalue weighted by Crippen LogP contribution is -2.59. The van der Waals surface area contributed by atoms with Crippen LogP contribution in [0.2, 0.25) is 12.6 Å². The van der Waals surface area contributed by atoms with Gasteiger partial charge in [-0.1, -0.05) is 84.0 Å². The Hall–Kier alpha value is -1.42. The van der Waals surface area contributed by atoms with Gasteiger partial charge in [0.25, 0.3) is 0 Å². The summed E-state index contributed by atoms with van der Waals surface area (Å²) in [4.78, 5) is 0. The predicted molar refractivity (Wildman–Crippen MR) is 107 cm³/mol. The Morgan fingerprint density at radius 1 is 1.00 bits per heavy atom. The van der Waals surface area contributed by atoms with E-state index in [2.05, 4.69) is 72.5 Å². The van der Waals surface area contributed by atoms with E-state index < -0.39 is 8.07 Å². The molecule has 132 valence electrons. The first-order valence-corrected chi connectivity index (χ1v) is 12.4. The zero-order valence-corrected chi connectivity index (χ0v) is 16.1. The second-order valence-corrected chi connectivity index (χ2v) is 12.4. The average molecular weight is 352 g/mol. The molecule has 0 spiro atoms. The molecule has 1 saturated carbocycles. The van der Waals surface area contributed by atoms with Gasteiger partial charge in [-0.25, -0.2) is 0 Å². The third-order valence-electron chi connectivity index (χ3n) is 6.55. The van der Waals surface area contributed by atoms with E-state index in [0.717, 1.165) is 18.4 Å². The van der Waals surface area contributed by atoms with Gasteiger partial charge in [0.2, 0.25) is 0 Å². The highest BCUT2D eigenvalue weighted by molar-refractivity contribution is 7.01. The fourth-order valence-corrected chi connectivity index (χ4v) is 8.83. The van der Waals surface area contributed by atoms with E-state index in [1.54, 1.807) is 0 Å². The smallest absolute Gasteiger partial charge is 0.117 e. The van der Waals surface area contributed by atoms with Gasteiger partial charge in [0.15, 0.2) is 0 Å². The molecule has 0 aromatic heterocycles. The van der Waals surface area contributed by atoms with Crippen molar-refractivity contribution in [1.82, 2.24) is 5.32 Å². The maximum atomic E-state index is 11.1. The fourth-order valence-electron chi connectivity index (χ4n) is 5.05. The molecule has 4 rings (SSSR count). The Balaban J connectivity index is 1.59. The maximum absolute atomic E-state index is 11.1. The molecule has 2 aliphatic rings. The zero-order chi connectivity index (χ0) is 17.3. The quantitative estimate of drug-likeness (QED) is 0.812. The molecule has 1 aliphatic heterocycles. The van der Waals surface area contributed by atoms with Gasteiger partial charge in [-0.2, -0.15) is 0 Å². The maximum Gasteiger partial charge on any atom is 0.117 e. The van der Waals surface area contributed by atoms with Crippen molar-refractivity contribution in [2.75, 3.05) is 0 Å². The first kappa shape index (κ1) is 17.0. The monoisotopic (exact) mass is 351 g/mol. The van der Waals surface area contributed by atoms with E-state index in [-0.39, 0.29) is 12.1 Å². The van der Waals surface area contributed by atoms with Crippen LogP contribution in [0.1, 0.15) is 25.7 Å². The Kier molecular flexibility index (Phi) is 4.81. The predicted octanol–water partition coefficient (Wildman–Crippen LogP) is 2.77. The number of rotatable bonds is 5. The summed E-state index contributed by atoms with van der Waals surface area (Å²) < 4.78 is 0. The van der Waals surface area contributed by atoms with Gasteiger partial charge >= 0.3 is 0 Å². The summed E-state index contributed by atoms with van der Waals surface area (Å²) in [6, 6.07) is 23.5. The highest BCUT2D eigenvalue weighted by Crippen LogP contribution is 2.36. The molecule has 2 nitrogen and oxygen atoms in total. The van der Waals surface area contributed by atoms with Crippen LogP contribution in [0.15, 0.2) is 60.7 Å². The summed E-state index contributed by atoms with van der Waals surface area (Å²) in [5.74, 6) is 0.793. The number of hydrogen-bond acceptors (Lipinski definition) is 2. The Labute approximate surface area is 152 Å². The van der Waals surface area contributed by atoms with Crippen molar-refractivity contribution in [1.29, 1.82) is 0 Å². The van der Waals surface area contributed by atoms with Gasteiger partial charge in [0.05, 0.1) is 6.10 Å². The summed E-state index contributed by atoms with van der Waals surface area (Å²) in [6.07, 6.45) is 4.88. The molecule has 2 aromatic rings. The molecule has 0 unspecified atom stereocenters. The van der Waals surface area contributed by atoms with Crippen molar-refractivity contribution in [2.45, 2.75) is 56.5 Å².